The van der Waals surface area contributed by atoms with E-state index in [0.29, 0.717) is 18.7 Å². The number of hydrogen-bond acceptors (Lipinski definition) is 3. The van der Waals surface area contributed by atoms with E-state index >= 15 is 0 Å². The summed E-state index contributed by atoms with van der Waals surface area (Å²) in [6.07, 6.45) is 3.16. The summed E-state index contributed by atoms with van der Waals surface area (Å²) in [4.78, 5) is 11.4. The van der Waals surface area contributed by atoms with Crippen molar-refractivity contribution in [2.75, 3.05) is 13.2 Å². The van der Waals surface area contributed by atoms with Gasteiger partial charge in [0.1, 0.15) is 0 Å². The van der Waals surface area contributed by atoms with Gasteiger partial charge in [0.25, 0.3) is 0 Å². The molecule has 0 bridgehead atoms. The molecule has 0 aliphatic heterocycles. The first-order valence-corrected chi connectivity index (χ1v) is 6.15. The monoisotopic (exact) mass is 227 g/mol. The SMILES string of the molecule is C=C(CNC(CC)(CC)CC)C(=O)OCC. The predicted molar refractivity (Wildman–Crippen MR) is 67.4 cm³/mol. The van der Waals surface area contributed by atoms with Gasteiger partial charge in [-0.2, -0.15) is 0 Å². The molecule has 0 saturated carbocycles. The maximum atomic E-state index is 11.4. The third-order valence-electron chi connectivity index (χ3n) is 3.27. The van der Waals surface area contributed by atoms with Gasteiger partial charge in [-0.1, -0.05) is 27.4 Å². The van der Waals surface area contributed by atoms with Crippen molar-refractivity contribution in [2.24, 2.45) is 0 Å². The van der Waals surface area contributed by atoms with Gasteiger partial charge in [-0.15, -0.1) is 0 Å². The number of rotatable bonds is 8. The molecule has 0 aliphatic carbocycles. The Morgan fingerprint density at radius 2 is 1.69 bits per heavy atom. The summed E-state index contributed by atoms with van der Waals surface area (Å²) in [7, 11) is 0. The first-order chi connectivity index (χ1) is 7.55. The Kier molecular flexibility index (Phi) is 7.06. The van der Waals surface area contributed by atoms with Gasteiger partial charge in [0.05, 0.1) is 6.61 Å². The highest BCUT2D eigenvalue weighted by molar-refractivity contribution is 5.88. The molecular formula is C13H25NO2. The van der Waals surface area contributed by atoms with Crippen LogP contribution in [-0.4, -0.2) is 24.7 Å². The van der Waals surface area contributed by atoms with E-state index in [1.807, 2.05) is 0 Å². The molecule has 94 valence electrons. The van der Waals surface area contributed by atoms with Gasteiger partial charge in [-0.05, 0) is 26.2 Å². The van der Waals surface area contributed by atoms with Crippen molar-refractivity contribution in [2.45, 2.75) is 52.5 Å². The van der Waals surface area contributed by atoms with Gasteiger partial charge in [0, 0.05) is 17.7 Å². The van der Waals surface area contributed by atoms with Crippen molar-refractivity contribution < 1.29 is 9.53 Å². The van der Waals surface area contributed by atoms with Crippen LogP contribution in [0.2, 0.25) is 0 Å². The topological polar surface area (TPSA) is 38.3 Å². The Morgan fingerprint density at radius 3 is 2.06 bits per heavy atom. The smallest absolute Gasteiger partial charge is 0.334 e. The van der Waals surface area contributed by atoms with E-state index in [9.17, 15) is 4.79 Å². The van der Waals surface area contributed by atoms with E-state index in [1.165, 1.54) is 0 Å². The van der Waals surface area contributed by atoms with Crippen LogP contribution in [0.25, 0.3) is 0 Å². The van der Waals surface area contributed by atoms with Crippen LogP contribution in [0.15, 0.2) is 12.2 Å². The Balaban J connectivity index is 4.21. The van der Waals surface area contributed by atoms with Gasteiger partial charge in [0.2, 0.25) is 0 Å². The minimum Gasteiger partial charge on any atom is -0.463 e. The maximum absolute atomic E-state index is 11.4. The summed E-state index contributed by atoms with van der Waals surface area (Å²) in [6, 6.07) is 0. The average Bonchev–Trinajstić information content (AvgIpc) is 2.31. The first kappa shape index (κ1) is 15.2. The molecule has 0 atom stereocenters. The Labute approximate surface area is 99.3 Å². The molecule has 0 aromatic rings. The lowest BCUT2D eigenvalue weighted by atomic mass is 9.89. The standard InChI is InChI=1S/C13H25NO2/c1-6-13(7-2,8-3)14-10-11(5)12(15)16-9-4/h14H,5-10H2,1-4H3. The van der Waals surface area contributed by atoms with Crippen molar-refractivity contribution >= 4 is 5.97 Å². The number of nitrogens with one attached hydrogen (secondary N) is 1. The van der Waals surface area contributed by atoms with E-state index in [1.54, 1.807) is 6.92 Å². The average molecular weight is 227 g/mol. The van der Waals surface area contributed by atoms with E-state index in [4.69, 9.17) is 4.74 Å². The molecule has 0 heterocycles. The molecule has 0 aromatic carbocycles. The van der Waals surface area contributed by atoms with E-state index in [0.717, 1.165) is 19.3 Å². The second kappa shape index (κ2) is 7.44. The highest BCUT2D eigenvalue weighted by atomic mass is 16.5. The zero-order valence-corrected chi connectivity index (χ0v) is 11.1. The van der Waals surface area contributed by atoms with Crippen LogP contribution in [0.1, 0.15) is 47.0 Å². The second-order valence-corrected chi connectivity index (χ2v) is 4.02. The quantitative estimate of drug-likeness (QED) is 0.512. The first-order valence-electron chi connectivity index (χ1n) is 6.15. The highest BCUT2D eigenvalue weighted by Crippen LogP contribution is 2.19. The zero-order chi connectivity index (χ0) is 12.6. The zero-order valence-electron chi connectivity index (χ0n) is 11.1. The fourth-order valence-electron chi connectivity index (χ4n) is 1.72. The molecule has 0 aliphatic rings. The maximum Gasteiger partial charge on any atom is 0.334 e. The molecule has 0 fully saturated rings. The number of carbonyl (C=O) groups is 1. The van der Waals surface area contributed by atoms with Crippen molar-refractivity contribution in [3.63, 3.8) is 0 Å². The number of carbonyl (C=O) groups excluding carboxylic acids is 1. The summed E-state index contributed by atoms with van der Waals surface area (Å²) in [5.74, 6) is -0.299. The molecule has 1 N–H and O–H groups in total. The Morgan fingerprint density at radius 1 is 1.19 bits per heavy atom. The molecule has 3 heteroatoms. The van der Waals surface area contributed by atoms with Crippen LogP contribution in [0, 0.1) is 0 Å². The Bertz CT molecular complexity index is 224. The molecule has 0 saturated heterocycles. The lowest BCUT2D eigenvalue weighted by Crippen LogP contribution is -2.45. The molecular weight excluding hydrogens is 202 g/mol. The molecule has 0 amide bonds. The molecule has 16 heavy (non-hydrogen) atoms. The molecule has 0 spiro atoms. The van der Waals surface area contributed by atoms with Crippen LogP contribution in [-0.2, 0) is 9.53 Å². The van der Waals surface area contributed by atoms with E-state index < -0.39 is 0 Å². The summed E-state index contributed by atoms with van der Waals surface area (Å²) >= 11 is 0. The normalized spacial score (nSPS) is 11.2. The fourth-order valence-corrected chi connectivity index (χ4v) is 1.72. The second-order valence-electron chi connectivity index (χ2n) is 4.02. The van der Waals surface area contributed by atoms with Crippen LogP contribution >= 0.6 is 0 Å². The van der Waals surface area contributed by atoms with Crippen molar-refractivity contribution in [3.8, 4) is 0 Å². The van der Waals surface area contributed by atoms with Gasteiger partial charge >= 0.3 is 5.97 Å². The Hall–Kier alpha value is -0.830. The van der Waals surface area contributed by atoms with Gasteiger partial charge in [-0.25, -0.2) is 4.79 Å². The number of ether oxygens (including phenoxy) is 1. The van der Waals surface area contributed by atoms with Crippen molar-refractivity contribution in [3.05, 3.63) is 12.2 Å². The largest absolute Gasteiger partial charge is 0.463 e. The van der Waals surface area contributed by atoms with E-state index in [2.05, 4.69) is 32.7 Å². The molecule has 0 aromatic heterocycles. The number of hydrogen-bond donors (Lipinski definition) is 1. The van der Waals surface area contributed by atoms with Gasteiger partial charge < -0.3 is 10.1 Å². The molecule has 3 nitrogen and oxygen atoms in total. The van der Waals surface area contributed by atoms with Crippen LogP contribution in [0.4, 0.5) is 0 Å². The lowest BCUT2D eigenvalue weighted by molar-refractivity contribution is -0.138. The van der Waals surface area contributed by atoms with Crippen molar-refractivity contribution in [1.29, 1.82) is 0 Å². The molecule has 0 radical (unpaired) electrons. The predicted octanol–water partition coefficient (Wildman–Crippen LogP) is 2.66. The minimum atomic E-state index is -0.299. The summed E-state index contributed by atoms with van der Waals surface area (Å²) in [5.41, 5.74) is 0.622. The van der Waals surface area contributed by atoms with E-state index in [-0.39, 0.29) is 11.5 Å². The lowest BCUT2D eigenvalue weighted by Gasteiger charge is -2.32. The van der Waals surface area contributed by atoms with Crippen LogP contribution in [0.5, 0.6) is 0 Å². The third-order valence-corrected chi connectivity index (χ3v) is 3.27. The van der Waals surface area contributed by atoms with Crippen molar-refractivity contribution in [1.82, 2.24) is 5.32 Å². The summed E-state index contributed by atoms with van der Waals surface area (Å²) < 4.78 is 4.89. The summed E-state index contributed by atoms with van der Waals surface area (Å²) in [6.45, 7) is 12.9. The third kappa shape index (κ3) is 4.35. The van der Waals surface area contributed by atoms with Gasteiger partial charge in [0.15, 0.2) is 0 Å². The van der Waals surface area contributed by atoms with Crippen LogP contribution < -0.4 is 5.32 Å². The van der Waals surface area contributed by atoms with Gasteiger partial charge in [-0.3, -0.25) is 0 Å². The fraction of sp³-hybridized carbons (Fsp3) is 0.769. The minimum absolute atomic E-state index is 0.120. The molecule has 0 rings (SSSR count). The number of esters is 1. The summed E-state index contributed by atoms with van der Waals surface area (Å²) in [5, 5.41) is 3.42. The molecule has 0 unspecified atom stereocenters. The van der Waals surface area contributed by atoms with Crippen LogP contribution in [0.3, 0.4) is 0 Å². The highest BCUT2D eigenvalue weighted by Gasteiger charge is 2.23.